The van der Waals surface area contributed by atoms with Crippen LogP contribution in [-0.2, 0) is 0 Å². The summed E-state index contributed by atoms with van der Waals surface area (Å²) in [5.41, 5.74) is -0.159. The zero-order valence-corrected chi connectivity index (χ0v) is 9.83. The van der Waals surface area contributed by atoms with Gasteiger partial charge in [0, 0.05) is 0 Å². The molecule has 1 unspecified atom stereocenters. The molecule has 1 atom stereocenters. The van der Waals surface area contributed by atoms with E-state index in [0.29, 0.717) is 0 Å². The van der Waals surface area contributed by atoms with E-state index in [9.17, 15) is 0 Å². The summed E-state index contributed by atoms with van der Waals surface area (Å²) in [4.78, 5) is 0. The maximum Gasteiger partial charge on any atom is 0.206 e. The van der Waals surface area contributed by atoms with Crippen molar-refractivity contribution in [2.75, 3.05) is 5.32 Å². The second-order valence-electron chi connectivity index (χ2n) is 3.59. The van der Waals surface area contributed by atoms with E-state index < -0.39 is 0 Å². The van der Waals surface area contributed by atoms with Gasteiger partial charge in [-0.3, -0.25) is 0 Å². The Kier molecular flexibility index (Phi) is 3.14. The average molecular weight is 220 g/mol. The Hall–Kier alpha value is -0.350. The fourth-order valence-corrected chi connectivity index (χ4v) is 1.53. The molecular formula is C8H14ClN3S. The molecular weight excluding hydrogens is 206 g/mol. The number of halogens is 1. The van der Waals surface area contributed by atoms with Gasteiger partial charge in [0.1, 0.15) is 5.01 Å². The standard InChI is InChI=1S/C8H14ClN3S/c1-5(9)8(3,4)10-7-12-11-6(2)13-7/h5H,1-4H3,(H,10,12). The summed E-state index contributed by atoms with van der Waals surface area (Å²) in [6, 6.07) is 0. The van der Waals surface area contributed by atoms with E-state index in [1.807, 2.05) is 27.7 Å². The van der Waals surface area contributed by atoms with Crippen molar-refractivity contribution < 1.29 is 0 Å². The molecule has 13 heavy (non-hydrogen) atoms. The zero-order chi connectivity index (χ0) is 10.1. The highest BCUT2D eigenvalue weighted by Gasteiger charge is 2.24. The van der Waals surface area contributed by atoms with Crippen molar-refractivity contribution in [2.24, 2.45) is 0 Å². The van der Waals surface area contributed by atoms with E-state index in [1.165, 1.54) is 0 Å². The van der Waals surface area contributed by atoms with E-state index >= 15 is 0 Å². The summed E-state index contributed by atoms with van der Waals surface area (Å²) in [5.74, 6) is 0. The molecule has 0 aromatic carbocycles. The van der Waals surface area contributed by atoms with E-state index in [0.717, 1.165) is 10.1 Å². The molecule has 0 bridgehead atoms. The first kappa shape index (κ1) is 10.7. The van der Waals surface area contributed by atoms with Gasteiger partial charge in [-0.2, -0.15) is 0 Å². The summed E-state index contributed by atoms with van der Waals surface area (Å²) in [7, 11) is 0. The number of alkyl halides is 1. The number of hydrogen-bond acceptors (Lipinski definition) is 4. The lowest BCUT2D eigenvalue weighted by Crippen LogP contribution is -2.38. The Morgan fingerprint density at radius 1 is 1.46 bits per heavy atom. The quantitative estimate of drug-likeness (QED) is 0.795. The van der Waals surface area contributed by atoms with Crippen LogP contribution in [0.2, 0.25) is 0 Å². The zero-order valence-electron chi connectivity index (χ0n) is 8.26. The first-order valence-electron chi connectivity index (χ1n) is 4.14. The first-order chi connectivity index (χ1) is 5.92. The van der Waals surface area contributed by atoms with E-state index in [-0.39, 0.29) is 10.9 Å². The molecule has 0 saturated carbocycles. The van der Waals surface area contributed by atoms with Crippen LogP contribution in [0.1, 0.15) is 25.8 Å². The summed E-state index contributed by atoms with van der Waals surface area (Å²) in [6.07, 6.45) is 0. The maximum atomic E-state index is 6.02. The number of rotatable bonds is 3. The van der Waals surface area contributed by atoms with Gasteiger partial charge in [-0.05, 0) is 27.7 Å². The van der Waals surface area contributed by atoms with Gasteiger partial charge in [-0.25, -0.2) is 0 Å². The first-order valence-corrected chi connectivity index (χ1v) is 5.39. The summed E-state index contributed by atoms with van der Waals surface area (Å²) in [5, 5.41) is 13.0. The molecule has 0 aliphatic heterocycles. The van der Waals surface area contributed by atoms with Crippen LogP contribution >= 0.6 is 22.9 Å². The molecule has 0 spiro atoms. The molecule has 0 fully saturated rings. The van der Waals surface area contributed by atoms with Crippen molar-refractivity contribution in [3.63, 3.8) is 0 Å². The lowest BCUT2D eigenvalue weighted by Gasteiger charge is -2.28. The number of aromatic nitrogens is 2. The van der Waals surface area contributed by atoms with Crippen molar-refractivity contribution in [3.05, 3.63) is 5.01 Å². The van der Waals surface area contributed by atoms with Crippen LogP contribution in [0, 0.1) is 6.92 Å². The Morgan fingerprint density at radius 3 is 2.46 bits per heavy atom. The number of nitrogens with one attached hydrogen (secondary N) is 1. The summed E-state index contributed by atoms with van der Waals surface area (Å²) in [6.45, 7) is 7.98. The topological polar surface area (TPSA) is 37.8 Å². The normalized spacial score (nSPS) is 14.2. The van der Waals surface area contributed by atoms with Crippen LogP contribution in [-0.4, -0.2) is 21.1 Å². The minimum absolute atomic E-state index is 0.0386. The molecule has 1 aromatic heterocycles. The SMILES string of the molecule is Cc1nnc(NC(C)(C)C(C)Cl)s1. The van der Waals surface area contributed by atoms with Gasteiger partial charge in [-0.15, -0.1) is 21.8 Å². The summed E-state index contributed by atoms with van der Waals surface area (Å²) >= 11 is 7.56. The van der Waals surface area contributed by atoms with Gasteiger partial charge in [0.15, 0.2) is 0 Å². The lowest BCUT2D eigenvalue weighted by molar-refractivity contribution is 0.554. The van der Waals surface area contributed by atoms with Gasteiger partial charge in [0.2, 0.25) is 5.13 Å². The third kappa shape index (κ3) is 2.81. The van der Waals surface area contributed by atoms with Crippen molar-refractivity contribution in [3.8, 4) is 0 Å². The largest absolute Gasteiger partial charge is 0.354 e. The lowest BCUT2D eigenvalue weighted by atomic mass is 10.0. The molecule has 0 amide bonds. The van der Waals surface area contributed by atoms with Gasteiger partial charge >= 0.3 is 0 Å². The Balaban J connectivity index is 2.68. The summed E-state index contributed by atoms with van der Waals surface area (Å²) < 4.78 is 0. The van der Waals surface area contributed by atoms with Crippen LogP contribution in [0.25, 0.3) is 0 Å². The van der Waals surface area contributed by atoms with Gasteiger partial charge in [0.25, 0.3) is 0 Å². The highest BCUT2D eigenvalue weighted by molar-refractivity contribution is 7.15. The highest BCUT2D eigenvalue weighted by Crippen LogP contribution is 2.23. The van der Waals surface area contributed by atoms with Gasteiger partial charge in [0.05, 0.1) is 10.9 Å². The molecule has 5 heteroatoms. The predicted molar refractivity (Wildman–Crippen MR) is 57.7 cm³/mol. The smallest absolute Gasteiger partial charge is 0.206 e. The molecule has 1 aromatic rings. The predicted octanol–water partition coefficient (Wildman–Crippen LogP) is 2.66. The van der Waals surface area contributed by atoms with Crippen LogP contribution in [0.4, 0.5) is 5.13 Å². The highest BCUT2D eigenvalue weighted by atomic mass is 35.5. The van der Waals surface area contributed by atoms with Crippen LogP contribution < -0.4 is 5.32 Å². The molecule has 1 rings (SSSR count). The van der Waals surface area contributed by atoms with Crippen LogP contribution in [0.5, 0.6) is 0 Å². The van der Waals surface area contributed by atoms with Gasteiger partial charge < -0.3 is 5.32 Å². The van der Waals surface area contributed by atoms with E-state index in [2.05, 4.69) is 15.5 Å². The van der Waals surface area contributed by atoms with Crippen molar-refractivity contribution in [2.45, 2.75) is 38.6 Å². The van der Waals surface area contributed by atoms with E-state index in [1.54, 1.807) is 11.3 Å². The van der Waals surface area contributed by atoms with Gasteiger partial charge in [-0.1, -0.05) is 11.3 Å². The number of aryl methyl sites for hydroxylation is 1. The Labute approximate surface area is 87.5 Å². The Morgan fingerprint density at radius 2 is 2.08 bits per heavy atom. The van der Waals surface area contributed by atoms with Crippen molar-refractivity contribution in [1.29, 1.82) is 0 Å². The molecule has 3 nitrogen and oxygen atoms in total. The maximum absolute atomic E-state index is 6.02. The molecule has 74 valence electrons. The number of hydrogen-bond donors (Lipinski definition) is 1. The van der Waals surface area contributed by atoms with Crippen LogP contribution in [0.15, 0.2) is 0 Å². The molecule has 0 aliphatic rings. The molecule has 1 heterocycles. The van der Waals surface area contributed by atoms with Crippen molar-refractivity contribution in [1.82, 2.24) is 10.2 Å². The minimum Gasteiger partial charge on any atom is -0.354 e. The molecule has 1 N–H and O–H groups in total. The minimum atomic E-state index is -0.159. The number of nitrogens with zero attached hydrogens (tertiary/aromatic N) is 2. The Bertz CT molecular complexity index is 283. The number of anilines is 1. The fraction of sp³-hybridized carbons (Fsp3) is 0.750. The monoisotopic (exact) mass is 219 g/mol. The van der Waals surface area contributed by atoms with Crippen LogP contribution in [0.3, 0.4) is 0 Å². The third-order valence-corrected chi connectivity index (χ3v) is 3.25. The molecule has 0 radical (unpaired) electrons. The van der Waals surface area contributed by atoms with Crippen molar-refractivity contribution >= 4 is 28.1 Å². The second-order valence-corrected chi connectivity index (χ2v) is 5.43. The average Bonchev–Trinajstić information content (AvgIpc) is 2.34. The molecule has 0 saturated heterocycles. The second kappa shape index (κ2) is 3.80. The molecule has 0 aliphatic carbocycles. The van der Waals surface area contributed by atoms with E-state index in [4.69, 9.17) is 11.6 Å². The fourth-order valence-electron chi connectivity index (χ4n) is 0.722. The third-order valence-electron chi connectivity index (χ3n) is 1.95.